The summed E-state index contributed by atoms with van der Waals surface area (Å²) in [6, 6.07) is 9.82. The van der Waals surface area contributed by atoms with Crippen LogP contribution in [0.2, 0.25) is 0 Å². The maximum absolute atomic E-state index is 13.0. The molecule has 0 saturated heterocycles. The Bertz CT molecular complexity index is 584. The summed E-state index contributed by atoms with van der Waals surface area (Å²) >= 11 is 0. The molecule has 1 heterocycles. The second-order valence-electron chi connectivity index (χ2n) is 5.30. The first-order valence-electron chi connectivity index (χ1n) is 7.64. The van der Waals surface area contributed by atoms with Gasteiger partial charge in [-0.3, -0.25) is 9.78 Å². The van der Waals surface area contributed by atoms with E-state index < -0.39 is 0 Å². The van der Waals surface area contributed by atoms with Crippen molar-refractivity contribution in [1.29, 1.82) is 0 Å². The number of carbonyl (C=O) groups is 1. The molecule has 2 aromatic rings. The van der Waals surface area contributed by atoms with E-state index in [9.17, 15) is 9.18 Å². The van der Waals surface area contributed by atoms with Crippen LogP contribution in [0.3, 0.4) is 0 Å². The van der Waals surface area contributed by atoms with E-state index in [-0.39, 0.29) is 11.7 Å². The monoisotopic (exact) mass is 300 g/mol. The molecular weight excluding hydrogens is 279 g/mol. The van der Waals surface area contributed by atoms with E-state index in [2.05, 4.69) is 11.9 Å². The first-order chi connectivity index (χ1) is 10.7. The standard InChI is InChI=1S/C18H21FN2O/c1-2-3-4-12-21(14-15-7-9-17(19)10-8-15)18(22)16-6-5-11-20-13-16/h5-11,13H,2-4,12,14H2,1H3. The van der Waals surface area contributed by atoms with Crippen molar-refractivity contribution in [3.8, 4) is 0 Å². The van der Waals surface area contributed by atoms with Crippen molar-refractivity contribution in [1.82, 2.24) is 9.88 Å². The van der Waals surface area contributed by atoms with Crippen LogP contribution in [0.15, 0.2) is 48.8 Å². The van der Waals surface area contributed by atoms with Gasteiger partial charge in [-0.05, 0) is 36.2 Å². The zero-order chi connectivity index (χ0) is 15.8. The Morgan fingerprint density at radius 3 is 2.59 bits per heavy atom. The van der Waals surface area contributed by atoms with Gasteiger partial charge in [0.2, 0.25) is 0 Å². The number of halogens is 1. The lowest BCUT2D eigenvalue weighted by Gasteiger charge is -2.23. The number of hydrogen-bond acceptors (Lipinski definition) is 2. The van der Waals surface area contributed by atoms with Gasteiger partial charge in [0.1, 0.15) is 5.82 Å². The van der Waals surface area contributed by atoms with Gasteiger partial charge in [0.15, 0.2) is 0 Å². The number of unbranched alkanes of at least 4 members (excludes halogenated alkanes) is 2. The van der Waals surface area contributed by atoms with Gasteiger partial charge < -0.3 is 4.90 Å². The predicted octanol–water partition coefficient (Wildman–Crippen LogP) is 4.05. The number of amides is 1. The Morgan fingerprint density at radius 1 is 1.18 bits per heavy atom. The van der Waals surface area contributed by atoms with Crippen LogP contribution >= 0.6 is 0 Å². The van der Waals surface area contributed by atoms with Gasteiger partial charge in [-0.2, -0.15) is 0 Å². The molecule has 0 radical (unpaired) electrons. The summed E-state index contributed by atoms with van der Waals surface area (Å²) < 4.78 is 13.0. The van der Waals surface area contributed by atoms with Crippen molar-refractivity contribution >= 4 is 5.91 Å². The number of aromatic nitrogens is 1. The summed E-state index contributed by atoms with van der Waals surface area (Å²) in [6.45, 7) is 3.31. The normalized spacial score (nSPS) is 10.5. The van der Waals surface area contributed by atoms with E-state index in [1.807, 2.05) is 0 Å². The number of pyridine rings is 1. The van der Waals surface area contributed by atoms with Crippen LogP contribution in [0.5, 0.6) is 0 Å². The van der Waals surface area contributed by atoms with Gasteiger partial charge in [-0.15, -0.1) is 0 Å². The highest BCUT2D eigenvalue weighted by atomic mass is 19.1. The van der Waals surface area contributed by atoms with Crippen LogP contribution in [0.4, 0.5) is 4.39 Å². The van der Waals surface area contributed by atoms with Gasteiger partial charge in [0.05, 0.1) is 5.56 Å². The fourth-order valence-corrected chi connectivity index (χ4v) is 2.29. The maximum atomic E-state index is 13.0. The van der Waals surface area contributed by atoms with Crippen molar-refractivity contribution in [3.05, 3.63) is 65.7 Å². The SMILES string of the molecule is CCCCCN(Cc1ccc(F)cc1)C(=O)c1cccnc1. The molecule has 2 rings (SSSR count). The third-order valence-electron chi connectivity index (χ3n) is 3.51. The molecule has 0 fully saturated rings. The van der Waals surface area contributed by atoms with Crippen LogP contribution in [0.25, 0.3) is 0 Å². The first-order valence-corrected chi connectivity index (χ1v) is 7.64. The fraction of sp³-hybridized carbons (Fsp3) is 0.333. The fourth-order valence-electron chi connectivity index (χ4n) is 2.29. The topological polar surface area (TPSA) is 33.2 Å². The molecule has 116 valence electrons. The van der Waals surface area contributed by atoms with Gasteiger partial charge >= 0.3 is 0 Å². The van der Waals surface area contributed by atoms with Gasteiger partial charge in [-0.1, -0.05) is 31.9 Å². The molecular formula is C18H21FN2O. The second-order valence-corrected chi connectivity index (χ2v) is 5.30. The highest BCUT2D eigenvalue weighted by molar-refractivity contribution is 5.93. The molecule has 4 heteroatoms. The van der Waals surface area contributed by atoms with Crippen LogP contribution in [-0.4, -0.2) is 22.3 Å². The van der Waals surface area contributed by atoms with E-state index >= 15 is 0 Å². The summed E-state index contributed by atoms with van der Waals surface area (Å²) in [5.74, 6) is -0.298. The largest absolute Gasteiger partial charge is 0.334 e. The molecule has 1 aromatic carbocycles. The molecule has 22 heavy (non-hydrogen) atoms. The Labute approximate surface area is 130 Å². The van der Waals surface area contributed by atoms with E-state index in [0.29, 0.717) is 18.7 Å². The Kier molecular flexibility index (Phi) is 6.07. The minimum absolute atomic E-state index is 0.0338. The van der Waals surface area contributed by atoms with Crippen LogP contribution in [-0.2, 0) is 6.54 Å². The zero-order valence-electron chi connectivity index (χ0n) is 12.8. The summed E-state index contributed by atoms with van der Waals surface area (Å²) in [4.78, 5) is 18.4. The summed E-state index contributed by atoms with van der Waals surface area (Å²) in [5, 5.41) is 0. The van der Waals surface area contributed by atoms with E-state index in [4.69, 9.17) is 0 Å². The van der Waals surface area contributed by atoms with E-state index in [0.717, 1.165) is 24.8 Å². The Hall–Kier alpha value is -2.23. The lowest BCUT2D eigenvalue weighted by atomic mass is 10.1. The molecule has 0 N–H and O–H groups in total. The molecule has 0 bridgehead atoms. The molecule has 1 amide bonds. The zero-order valence-corrected chi connectivity index (χ0v) is 12.8. The number of benzene rings is 1. The van der Waals surface area contributed by atoms with Crippen molar-refractivity contribution in [2.45, 2.75) is 32.7 Å². The van der Waals surface area contributed by atoms with Crippen molar-refractivity contribution in [2.75, 3.05) is 6.54 Å². The van der Waals surface area contributed by atoms with Crippen molar-refractivity contribution < 1.29 is 9.18 Å². The average Bonchev–Trinajstić information content (AvgIpc) is 2.56. The summed E-state index contributed by atoms with van der Waals surface area (Å²) in [7, 11) is 0. The minimum atomic E-state index is -0.264. The molecule has 0 unspecified atom stereocenters. The van der Waals surface area contributed by atoms with E-state index in [1.54, 1.807) is 41.6 Å². The minimum Gasteiger partial charge on any atom is -0.334 e. The smallest absolute Gasteiger partial charge is 0.255 e. The number of nitrogens with zero attached hydrogens (tertiary/aromatic N) is 2. The predicted molar refractivity (Wildman–Crippen MR) is 84.9 cm³/mol. The molecule has 0 aliphatic heterocycles. The summed E-state index contributed by atoms with van der Waals surface area (Å²) in [6.07, 6.45) is 6.38. The first kappa shape index (κ1) is 16.1. The van der Waals surface area contributed by atoms with Crippen molar-refractivity contribution in [2.24, 2.45) is 0 Å². The molecule has 1 aromatic heterocycles. The molecule has 0 spiro atoms. The Balaban J connectivity index is 2.11. The third-order valence-corrected chi connectivity index (χ3v) is 3.51. The second kappa shape index (κ2) is 8.27. The average molecular weight is 300 g/mol. The molecule has 0 saturated carbocycles. The lowest BCUT2D eigenvalue weighted by Crippen LogP contribution is -2.31. The third kappa shape index (κ3) is 4.65. The Morgan fingerprint density at radius 2 is 1.95 bits per heavy atom. The van der Waals surface area contributed by atoms with Gasteiger partial charge in [0, 0.05) is 25.5 Å². The number of rotatable bonds is 7. The molecule has 0 aliphatic carbocycles. The number of carbonyl (C=O) groups excluding carboxylic acids is 1. The van der Waals surface area contributed by atoms with Crippen molar-refractivity contribution in [3.63, 3.8) is 0 Å². The maximum Gasteiger partial charge on any atom is 0.255 e. The number of hydrogen-bond donors (Lipinski definition) is 0. The van der Waals surface area contributed by atoms with Crippen LogP contribution < -0.4 is 0 Å². The van der Waals surface area contributed by atoms with Gasteiger partial charge in [-0.25, -0.2) is 4.39 Å². The summed E-state index contributed by atoms with van der Waals surface area (Å²) in [5.41, 5.74) is 1.51. The van der Waals surface area contributed by atoms with Crippen LogP contribution in [0.1, 0.15) is 42.1 Å². The highest BCUT2D eigenvalue weighted by Crippen LogP contribution is 2.12. The quantitative estimate of drug-likeness (QED) is 0.723. The molecule has 3 nitrogen and oxygen atoms in total. The van der Waals surface area contributed by atoms with E-state index in [1.165, 1.54) is 12.1 Å². The molecule has 0 atom stereocenters. The molecule has 0 aliphatic rings. The highest BCUT2D eigenvalue weighted by Gasteiger charge is 2.16. The van der Waals surface area contributed by atoms with Gasteiger partial charge in [0.25, 0.3) is 5.91 Å². The lowest BCUT2D eigenvalue weighted by molar-refractivity contribution is 0.0739. The van der Waals surface area contributed by atoms with Crippen LogP contribution in [0, 0.1) is 5.82 Å².